The minimum Gasteiger partial charge on any atom is -0.427 e. The van der Waals surface area contributed by atoms with E-state index in [1.807, 2.05) is 0 Å². The second-order valence-electron chi connectivity index (χ2n) is 2.28. The SMILES string of the molecule is CC(=O)Oc1ccc(N)c(F)c1. The van der Waals surface area contributed by atoms with Crippen molar-refractivity contribution in [2.24, 2.45) is 0 Å². The van der Waals surface area contributed by atoms with Gasteiger partial charge in [0.25, 0.3) is 0 Å². The third-order valence-corrected chi connectivity index (χ3v) is 1.23. The second kappa shape index (κ2) is 3.21. The molecule has 0 saturated heterocycles. The maximum Gasteiger partial charge on any atom is 0.308 e. The van der Waals surface area contributed by atoms with Gasteiger partial charge >= 0.3 is 5.97 Å². The molecule has 3 nitrogen and oxygen atoms in total. The van der Waals surface area contributed by atoms with E-state index < -0.39 is 11.8 Å². The number of anilines is 1. The minimum atomic E-state index is -0.589. The van der Waals surface area contributed by atoms with Crippen LogP contribution in [0.25, 0.3) is 0 Å². The summed E-state index contributed by atoms with van der Waals surface area (Å²) in [5.74, 6) is -0.915. The summed E-state index contributed by atoms with van der Waals surface area (Å²) in [7, 11) is 0. The number of carbonyl (C=O) groups is 1. The van der Waals surface area contributed by atoms with Crippen LogP contribution >= 0.6 is 0 Å². The Hall–Kier alpha value is -1.58. The molecule has 1 aromatic carbocycles. The highest BCUT2D eigenvalue weighted by Gasteiger charge is 2.02. The Morgan fingerprint density at radius 2 is 2.25 bits per heavy atom. The van der Waals surface area contributed by atoms with Gasteiger partial charge in [-0.3, -0.25) is 4.79 Å². The van der Waals surface area contributed by atoms with Crippen LogP contribution in [0.15, 0.2) is 18.2 Å². The molecule has 0 spiro atoms. The van der Waals surface area contributed by atoms with Crippen molar-refractivity contribution in [1.82, 2.24) is 0 Å². The van der Waals surface area contributed by atoms with Gasteiger partial charge in [-0.25, -0.2) is 4.39 Å². The summed E-state index contributed by atoms with van der Waals surface area (Å²) in [6.45, 7) is 1.24. The van der Waals surface area contributed by atoms with Crippen LogP contribution in [0.1, 0.15) is 6.92 Å². The van der Waals surface area contributed by atoms with E-state index in [9.17, 15) is 9.18 Å². The Kier molecular flexibility index (Phi) is 2.28. The molecule has 2 N–H and O–H groups in total. The highest BCUT2D eigenvalue weighted by Crippen LogP contribution is 2.17. The molecule has 0 radical (unpaired) electrons. The van der Waals surface area contributed by atoms with Crippen molar-refractivity contribution in [3.05, 3.63) is 24.0 Å². The van der Waals surface area contributed by atoms with Gasteiger partial charge in [-0.1, -0.05) is 0 Å². The molecule has 0 amide bonds. The number of nitrogen functional groups attached to an aromatic ring is 1. The quantitative estimate of drug-likeness (QED) is 0.392. The summed E-state index contributed by atoms with van der Waals surface area (Å²) in [5.41, 5.74) is 5.24. The molecule has 0 heterocycles. The summed E-state index contributed by atoms with van der Waals surface area (Å²) in [6, 6.07) is 3.84. The summed E-state index contributed by atoms with van der Waals surface area (Å²) < 4.78 is 17.3. The molecule has 0 fully saturated rings. The lowest BCUT2D eigenvalue weighted by Crippen LogP contribution is -2.02. The van der Waals surface area contributed by atoms with Gasteiger partial charge in [0.15, 0.2) is 0 Å². The summed E-state index contributed by atoms with van der Waals surface area (Å²) >= 11 is 0. The molecule has 0 bridgehead atoms. The number of rotatable bonds is 1. The smallest absolute Gasteiger partial charge is 0.308 e. The van der Waals surface area contributed by atoms with Crippen molar-refractivity contribution >= 4 is 11.7 Å². The van der Waals surface area contributed by atoms with Gasteiger partial charge in [-0.2, -0.15) is 0 Å². The Balaban J connectivity index is 2.89. The third kappa shape index (κ3) is 1.95. The van der Waals surface area contributed by atoms with Gasteiger partial charge in [-0.15, -0.1) is 0 Å². The lowest BCUT2D eigenvalue weighted by atomic mass is 10.3. The summed E-state index contributed by atoms with van der Waals surface area (Å²) in [5, 5.41) is 0. The fraction of sp³-hybridized carbons (Fsp3) is 0.125. The fourth-order valence-corrected chi connectivity index (χ4v) is 0.737. The van der Waals surface area contributed by atoms with Crippen molar-refractivity contribution in [3.8, 4) is 5.75 Å². The van der Waals surface area contributed by atoms with Crippen LogP contribution in [0.5, 0.6) is 5.75 Å². The molecule has 0 aliphatic heterocycles. The van der Waals surface area contributed by atoms with Gasteiger partial charge in [0, 0.05) is 13.0 Å². The first-order valence-electron chi connectivity index (χ1n) is 3.33. The van der Waals surface area contributed by atoms with Crippen molar-refractivity contribution in [2.75, 3.05) is 5.73 Å². The molecule has 0 unspecified atom stereocenters. The van der Waals surface area contributed by atoms with Gasteiger partial charge in [-0.05, 0) is 12.1 Å². The predicted molar refractivity (Wildman–Crippen MR) is 42.1 cm³/mol. The zero-order valence-electron chi connectivity index (χ0n) is 6.50. The number of benzene rings is 1. The Bertz CT molecular complexity index is 312. The standard InChI is InChI=1S/C8H8FNO2/c1-5(11)12-6-2-3-8(10)7(9)4-6/h2-4H,10H2,1H3. The van der Waals surface area contributed by atoms with Crippen molar-refractivity contribution in [2.45, 2.75) is 6.92 Å². The summed E-state index contributed by atoms with van der Waals surface area (Å²) in [4.78, 5) is 10.4. The maximum absolute atomic E-state index is 12.7. The van der Waals surface area contributed by atoms with E-state index in [2.05, 4.69) is 4.74 Å². The third-order valence-electron chi connectivity index (χ3n) is 1.23. The molecule has 0 aromatic heterocycles. The van der Waals surface area contributed by atoms with E-state index in [4.69, 9.17) is 5.73 Å². The highest BCUT2D eigenvalue weighted by atomic mass is 19.1. The van der Waals surface area contributed by atoms with Crippen LogP contribution in [0.4, 0.5) is 10.1 Å². The van der Waals surface area contributed by atoms with E-state index >= 15 is 0 Å². The topological polar surface area (TPSA) is 52.3 Å². The van der Waals surface area contributed by atoms with E-state index in [1.165, 1.54) is 19.1 Å². The monoisotopic (exact) mass is 169 g/mol. The largest absolute Gasteiger partial charge is 0.427 e. The lowest BCUT2D eigenvalue weighted by molar-refractivity contribution is -0.131. The van der Waals surface area contributed by atoms with Gasteiger partial charge < -0.3 is 10.5 Å². The van der Waals surface area contributed by atoms with Crippen molar-refractivity contribution in [1.29, 1.82) is 0 Å². The number of hydrogen-bond acceptors (Lipinski definition) is 3. The highest BCUT2D eigenvalue weighted by molar-refractivity contribution is 5.69. The molecular weight excluding hydrogens is 161 g/mol. The van der Waals surface area contributed by atoms with Crippen molar-refractivity contribution in [3.63, 3.8) is 0 Å². The Morgan fingerprint density at radius 1 is 1.58 bits per heavy atom. The average molecular weight is 169 g/mol. The molecule has 64 valence electrons. The maximum atomic E-state index is 12.7. The van der Waals surface area contributed by atoms with Crippen LogP contribution in [0.3, 0.4) is 0 Å². The molecule has 0 atom stereocenters. The zero-order chi connectivity index (χ0) is 9.14. The van der Waals surface area contributed by atoms with Crippen LogP contribution in [0, 0.1) is 5.82 Å². The first kappa shape index (κ1) is 8.52. The Morgan fingerprint density at radius 3 is 2.75 bits per heavy atom. The van der Waals surface area contributed by atoms with E-state index in [0.29, 0.717) is 0 Å². The lowest BCUT2D eigenvalue weighted by Gasteiger charge is -2.01. The molecule has 1 rings (SSSR count). The summed E-state index contributed by atoms with van der Waals surface area (Å²) in [6.07, 6.45) is 0. The van der Waals surface area contributed by atoms with E-state index in [0.717, 1.165) is 6.07 Å². The number of ether oxygens (including phenoxy) is 1. The molecular formula is C8H8FNO2. The number of hydrogen-bond donors (Lipinski definition) is 1. The van der Waals surface area contributed by atoms with E-state index in [-0.39, 0.29) is 11.4 Å². The van der Waals surface area contributed by atoms with Crippen LogP contribution < -0.4 is 10.5 Å². The van der Waals surface area contributed by atoms with Crippen LogP contribution in [-0.4, -0.2) is 5.97 Å². The molecule has 0 aliphatic rings. The van der Waals surface area contributed by atoms with E-state index in [1.54, 1.807) is 0 Å². The van der Waals surface area contributed by atoms with Crippen LogP contribution in [-0.2, 0) is 4.79 Å². The zero-order valence-corrected chi connectivity index (χ0v) is 6.50. The van der Waals surface area contributed by atoms with Gasteiger partial charge in [0.2, 0.25) is 0 Å². The number of nitrogens with two attached hydrogens (primary N) is 1. The number of esters is 1. The fourth-order valence-electron chi connectivity index (χ4n) is 0.737. The molecule has 0 aliphatic carbocycles. The van der Waals surface area contributed by atoms with Crippen molar-refractivity contribution < 1.29 is 13.9 Å². The minimum absolute atomic E-state index is 0.0332. The number of halogens is 1. The Labute approximate surface area is 68.9 Å². The molecule has 4 heteroatoms. The average Bonchev–Trinajstić information content (AvgIpc) is 1.96. The van der Waals surface area contributed by atoms with Gasteiger partial charge in [0.1, 0.15) is 11.6 Å². The first-order valence-corrected chi connectivity index (χ1v) is 3.33. The predicted octanol–water partition coefficient (Wildman–Crippen LogP) is 1.33. The normalized spacial score (nSPS) is 9.50. The first-order chi connectivity index (χ1) is 5.59. The number of carbonyl (C=O) groups excluding carboxylic acids is 1. The molecule has 0 saturated carbocycles. The second-order valence-corrected chi connectivity index (χ2v) is 2.28. The molecule has 12 heavy (non-hydrogen) atoms. The molecule has 1 aromatic rings. The van der Waals surface area contributed by atoms with Gasteiger partial charge in [0.05, 0.1) is 5.69 Å². The van der Waals surface area contributed by atoms with Crippen LogP contribution in [0.2, 0.25) is 0 Å².